The van der Waals surface area contributed by atoms with E-state index in [1.165, 1.54) is 42.4 Å². The molecular weight excluding hydrogens is 280 g/mol. The predicted octanol–water partition coefficient (Wildman–Crippen LogP) is 6.19. The number of rotatable bonds is 6. The molecule has 1 nitrogen and oxygen atoms in total. The topological polar surface area (TPSA) is 9.23 Å². The molecule has 3 rings (SSSR count). The maximum absolute atomic E-state index is 5.32. The SMILES string of the molecule is CCCC1=C(CCC)C(c2ccc(OC)cc2)c2ccccc21. The van der Waals surface area contributed by atoms with Gasteiger partial charge in [-0.1, -0.05) is 68.7 Å². The lowest BCUT2D eigenvalue weighted by Crippen LogP contribution is -2.01. The fraction of sp³-hybridized carbons (Fsp3) is 0.364. The van der Waals surface area contributed by atoms with Gasteiger partial charge in [-0.25, -0.2) is 0 Å². The van der Waals surface area contributed by atoms with Crippen LogP contribution in [-0.2, 0) is 0 Å². The van der Waals surface area contributed by atoms with Gasteiger partial charge in [0.05, 0.1) is 7.11 Å². The molecule has 1 heteroatoms. The molecule has 120 valence electrons. The number of ether oxygens (including phenoxy) is 1. The van der Waals surface area contributed by atoms with Crippen molar-refractivity contribution in [3.8, 4) is 5.75 Å². The summed E-state index contributed by atoms with van der Waals surface area (Å²) in [6.45, 7) is 4.56. The van der Waals surface area contributed by atoms with E-state index < -0.39 is 0 Å². The van der Waals surface area contributed by atoms with Gasteiger partial charge >= 0.3 is 0 Å². The second kappa shape index (κ2) is 7.04. The van der Waals surface area contributed by atoms with Crippen LogP contribution in [0.25, 0.3) is 5.57 Å². The first kappa shape index (κ1) is 15.9. The lowest BCUT2D eigenvalue weighted by Gasteiger charge is -2.18. The van der Waals surface area contributed by atoms with Crippen LogP contribution in [0, 0.1) is 0 Å². The first-order chi connectivity index (χ1) is 11.3. The summed E-state index contributed by atoms with van der Waals surface area (Å²) >= 11 is 0. The molecule has 0 saturated heterocycles. The Morgan fingerprint density at radius 3 is 2.22 bits per heavy atom. The van der Waals surface area contributed by atoms with Gasteiger partial charge in [-0.2, -0.15) is 0 Å². The van der Waals surface area contributed by atoms with E-state index in [1.807, 2.05) is 0 Å². The highest BCUT2D eigenvalue weighted by atomic mass is 16.5. The van der Waals surface area contributed by atoms with E-state index in [-0.39, 0.29) is 0 Å². The van der Waals surface area contributed by atoms with Crippen molar-refractivity contribution < 1.29 is 4.74 Å². The third kappa shape index (κ3) is 2.93. The summed E-state index contributed by atoms with van der Waals surface area (Å²) in [4.78, 5) is 0. The van der Waals surface area contributed by atoms with Crippen LogP contribution in [0.3, 0.4) is 0 Å². The van der Waals surface area contributed by atoms with Crippen molar-refractivity contribution in [2.75, 3.05) is 7.11 Å². The predicted molar refractivity (Wildman–Crippen MR) is 98.0 cm³/mol. The van der Waals surface area contributed by atoms with Crippen LogP contribution >= 0.6 is 0 Å². The molecule has 0 radical (unpaired) electrons. The van der Waals surface area contributed by atoms with Gasteiger partial charge in [-0.3, -0.25) is 0 Å². The number of hydrogen-bond donors (Lipinski definition) is 0. The Kier molecular flexibility index (Phi) is 4.85. The zero-order chi connectivity index (χ0) is 16.2. The first-order valence-corrected chi connectivity index (χ1v) is 8.75. The van der Waals surface area contributed by atoms with Crippen LogP contribution in [0.2, 0.25) is 0 Å². The molecule has 1 atom stereocenters. The minimum absolute atomic E-state index is 0.415. The fourth-order valence-electron chi connectivity index (χ4n) is 3.85. The summed E-state index contributed by atoms with van der Waals surface area (Å²) in [6.07, 6.45) is 4.76. The summed E-state index contributed by atoms with van der Waals surface area (Å²) in [6, 6.07) is 17.6. The Bertz CT molecular complexity index is 694. The number of methoxy groups -OCH3 is 1. The van der Waals surface area contributed by atoms with Gasteiger partial charge in [0.25, 0.3) is 0 Å². The third-order valence-corrected chi connectivity index (χ3v) is 4.80. The van der Waals surface area contributed by atoms with Crippen LogP contribution in [0.1, 0.15) is 62.1 Å². The lowest BCUT2D eigenvalue weighted by molar-refractivity contribution is 0.414. The van der Waals surface area contributed by atoms with Crippen molar-refractivity contribution >= 4 is 5.57 Å². The highest BCUT2D eigenvalue weighted by Crippen LogP contribution is 2.48. The molecule has 23 heavy (non-hydrogen) atoms. The van der Waals surface area contributed by atoms with Crippen LogP contribution in [0.5, 0.6) is 5.75 Å². The van der Waals surface area contributed by atoms with Crippen molar-refractivity contribution in [2.45, 2.75) is 45.4 Å². The van der Waals surface area contributed by atoms with Gasteiger partial charge in [-0.15, -0.1) is 0 Å². The van der Waals surface area contributed by atoms with Crippen molar-refractivity contribution in [3.05, 3.63) is 70.8 Å². The van der Waals surface area contributed by atoms with Gasteiger partial charge < -0.3 is 4.74 Å². The molecule has 1 unspecified atom stereocenters. The van der Waals surface area contributed by atoms with E-state index in [0.29, 0.717) is 5.92 Å². The Morgan fingerprint density at radius 1 is 0.870 bits per heavy atom. The Balaban J connectivity index is 2.11. The second-order valence-electron chi connectivity index (χ2n) is 6.30. The molecule has 0 amide bonds. The maximum atomic E-state index is 5.32. The van der Waals surface area contributed by atoms with Crippen molar-refractivity contribution in [2.24, 2.45) is 0 Å². The summed E-state index contributed by atoms with van der Waals surface area (Å²) in [5.74, 6) is 1.34. The van der Waals surface area contributed by atoms with Gasteiger partial charge in [-0.05, 0) is 47.2 Å². The molecule has 0 aromatic heterocycles. The van der Waals surface area contributed by atoms with Crippen LogP contribution < -0.4 is 4.74 Å². The van der Waals surface area contributed by atoms with Gasteiger partial charge in [0.1, 0.15) is 5.75 Å². The monoisotopic (exact) mass is 306 g/mol. The molecule has 0 fully saturated rings. The summed E-state index contributed by atoms with van der Waals surface area (Å²) in [5.41, 5.74) is 7.54. The van der Waals surface area contributed by atoms with E-state index in [9.17, 15) is 0 Å². The quantitative estimate of drug-likeness (QED) is 0.618. The van der Waals surface area contributed by atoms with Gasteiger partial charge in [0.2, 0.25) is 0 Å². The number of fused-ring (bicyclic) bond motifs is 1. The Hall–Kier alpha value is -2.02. The number of hydrogen-bond acceptors (Lipinski definition) is 1. The molecule has 0 bridgehead atoms. The highest BCUT2D eigenvalue weighted by Gasteiger charge is 2.30. The largest absolute Gasteiger partial charge is 0.497 e. The zero-order valence-electron chi connectivity index (χ0n) is 14.4. The van der Waals surface area contributed by atoms with E-state index in [0.717, 1.165) is 5.75 Å². The van der Waals surface area contributed by atoms with Crippen LogP contribution in [-0.4, -0.2) is 7.11 Å². The molecule has 0 saturated carbocycles. The number of benzene rings is 2. The minimum atomic E-state index is 0.415. The van der Waals surface area contributed by atoms with E-state index in [2.05, 4.69) is 62.4 Å². The smallest absolute Gasteiger partial charge is 0.118 e. The Labute approximate surface area is 140 Å². The van der Waals surface area contributed by atoms with E-state index in [4.69, 9.17) is 4.74 Å². The minimum Gasteiger partial charge on any atom is -0.497 e. The molecule has 0 spiro atoms. The molecule has 0 heterocycles. The van der Waals surface area contributed by atoms with Crippen molar-refractivity contribution in [1.29, 1.82) is 0 Å². The van der Waals surface area contributed by atoms with Crippen LogP contribution in [0.4, 0.5) is 0 Å². The maximum Gasteiger partial charge on any atom is 0.118 e. The average molecular weight is 306 g/mol. The normalized spacial score (nSPS) is 16.6. The standard InChI is InChI=1S/C22H26O/c1-4-8-18-19-10-6-7-11-21(19)22(20(18)9-5-2)16-12-14-17(23-3)15-13-16/h6-7,10-15,22H,4-5,8-9H2,1-3H3. The molecule has 2 aromatic carbocycles. The average Bonchev–Trinajstić information content (AvgIpc) is 2.90. The highest BCUT2D eigenvalue weighted by molar-refractivity contribution is 5.80. The molecular formula is C22H26O. The van der Waals surface area contributed by atoms with Gasteiger partial charge in [0, 0.05) is 5.92 Å². The summed E-state index contributed by atoms with van der Waals surface area (Å²) in [5, 5.41) is 0. The lowest BCUT2D eigenvalue weighted by atomic mass is 9.86. The molecule has 1 aliphatic carbocycles. The second-order valence-corrected chi connectivity index (χ2v) is 6.30. The molecule has 0 aliphatic heterocycles. The summed E-state index contributed by atoms with van der Waals surface area (Å²) in [7, 11) is 1.72. The van der Waals surface area contributed by atoms with E-state index >= 15 is 0 Å². The van der Waals surface area contributed by atoms with E-state index in [1.54, 1.807) is 18.3 Å². The Morgan fingerprint density at radius 2 is 1.57 bits per heavy atom. The zero-order valence-corrected chi connectivity index (χ0v) is 14.4. The summed E-state index contributed by atoms with van der Waals surface area (Å²) < 4.78 is 5.32. The van der Waals surface area contributed by atoms with Crippen molar-refractivity contribution in [1.82, 2.24) is 0 Å². The fourth-order valence-corrected chi connectivity index (χ4v) is 3.85. The molecule has 1 aliphatic rings. The number of allylic oxidation sites excluding steroid dienone is 2. The van der Waals surface area contributed by atoms with Gasteiger partial charge in [0.15, 0.2) is 0 Å². The van der Waals surface area contributed by atoms with Crippen molar-refractivity contribution in [3.63, 3.8) is 0 Å². The molecule has 2 aromatic rings. The van der Waals surface area contributed by atoms with Crippen LogP contribution in [0.15, 0.2) is 54.1 Å². The molecule has 0 N–H and O–H groups in total. The third-order valence-electron chi connectivity index (χ3n) is 4.80. The first-order valence-electron chi connectivity index (χ1n) is 8.75.